The smallest absolute Gasteiger partial charge is 0.420 e. The highest BCUT2D eigenvalue weighted by atomic mass is 35.5. The molecule has 1 aromatic heterocycles. The van der Waals surface area contributed by atoms with Crippen molar-refractivity contribution in [2.24, 2.45) is 5.92 Å². The summed E-state index contributed by atoms with van der Waals surface area (Å²) in [5.74, 6) is -0.134. The van der Waals surface area contributed by atoms with Gasteiger partial charge in [-0.05, 0) is 87.4 Å². The summed E-state index contributed by atoms with van der Waals surface area (Å²) in [6.07, 6.45) is -0.431. The first kappa shape index (κ1) is 31.8. The number of anilines is 1. The second-order valence-corrected chi connectivity index (χ2v) is 14.8. The number of rotatable bonds is 6. The number of ether oxygens (including phenoxy) is 1. The van der Waals surface area contributed by atoms with Crippen LogP contribution in [0.3, 0.4) is 0 Å². The number of nitrogens with one attached hydrogen (secondary N) is 1. The number of fused-ring (bicyclic) bond motifs is 2. The van der Waals surface area contributed by atoms with Crippen molar-refractivity contribution in [1.82, 2.24) is 14.2 Å². The molecule has 2 aliphatic rings. The normalized spacial score (nSPS) is 19.1. The molecule has 5 rings (SSSR count). The zero-order valence-corrected chi connectivity index (χ0v) is 26.9. The number of benzene rings is 2. The Hall–Kier alpha value is -3.61. The van der Waals surface area contributed by atoms with E-state index in [9.17, 15) is 27.9 Å². The van der Waals surface area contributed by atoms with Crippen LogP contribution in [0, 0.1) is 5.92 Å². The molecule has 2 N–H and O–H groups in total. The molecule has 13 heteroatoms. The molecule has 0 bridgehead atoms. The minimum Gasteiger partial charge on any atom is -0.465 e. The number of sulfonamides is 1. The molecule has 0 spiro atoms. The molecule has 1 unspecified atom stereocenters. The molecule has 0 saturated carbocycles. The molecule has 0 aliphatic carbocycles. The van der Waals surface area contributed by atoms with Crippen LogP contribution in [0.25, 0.3) is 10.9 Å². The number of amides is 2. The predicted molar refractivity (Wildman–Crippen MR) is 167 cm³/mol. The molecule has 1 fully saturated rings. The quantitative estimate of drug-likeness (QED) is 0.347. The lowest BCUT2D eigenvalue weighted by molar-refractivity contribution is -0.118. The van der Waals surface area contributed by atoms with Gasteiger partial charge in [0.15, 0.2) is 5.03 Å². The van der Waals surface area contributed by atoms with Crippen LogP contribution in [-0.2, 0) is 26.0 Å². The van der Waals surface area contributed by atoms with Crippen molar-refractivity contribution in [3.8, 4) is 0 Å². The summed E-state index contributed by atoms with van der Waals surface area (Å²) >= 11 is 6.17. The number of hydrogen-bond donors (Lipinski definition) is 2. The van der Waals surface area contributed by atoms with Crippen LogP contribution in [0.5, 0.6) is 0 Å². The second-order valence-electron chi connectivity index (χ2n) is 12.7. The Balaban J connectivity index is 1.41. The van der Waals surface area contributed by atoms with Crippen LogP contribution in [0.2, 0.25) is 5.02 Å². The highest BCUT2D eigenvalue weighted by Gasteiger charge is 2.39. The molecule has 11 nitrogen and oxygen atoms in total. The molecule has 2 atom stereocenters. The number of nitrogens with zero attached hydrogens (tertiary/aromatic N) is 3. The van der Waals surface area contributed by atoms with E-state index in [1.165, 1.54) is 21.9 Å². The summed E-state index contributed by atoms with van der Waals surface area (Å²) in [5, 5.41) is 10.2. The third kappa shape index (κ3) is 6.29. The Morgan fingerprint density at radius 3 is 2.50 bits per heavy atom. The van der Waals surface area contributed by atoms with Gasteiger partial charge < -0.3 is 19.6 Å². The summed E-state index contributed by atoms with van der Waals surface area (Å²) < 4.78 is 36.4. The Labute approximate surface area is 261 Å². The molecule has 44 heavy (non-hydrogen) atoms. The number of halogens is 1. The zero-order valence-electron chi connectivity index (χ0n) is 25.3. The van der Waals surface area contributed by atoms with Crippen molar-refractivity contribution in [2.45, 2.75) is 76.6 Å². The molecule has 3 heterocycles. The molecular formula is C31H37ClN4O7S. The zero-order chi connectivity index (χ0) is 32.1. The summed E-state index contributed by atoms with van der Waals surface area (Å²) in [5.41, 5.74) is 1.90. The fraction of sp³-hybridized carbons (Fsp3) is 0.452. The van der Waals surface area contributed by atoms with E-state index in [-0.39, 0.29) is 35.5 Å². The fourth-order valence-electron chi connectivity index (χ4n) is 5.93. The molecule has 2 aliphatic heterocycles. The number of hydrogen-bond acceptors (Lipinski definition) is 6. The fourth-order valence-corrected chi connectivity index (χ4v) is 7.51. The van der Waals surface area contributed by atoms with Crippen molar-refractivity contribution in [3.63, 3.8) is 0 Å². The highest BCUT2D eigenvalue weighted by molar-refractivity contribution is 7.89. The largest absolute Gasteiger partial charge is 0.465 e. The maximum absolute atomic E-state index is 13.7. The molecule has 3 aromatic rings. The Bertz CT molecular complexity index is 1750. The lowest BCUT2D eigenvalue weighted by atomic mass is 9.87. The van der Waals surface area contributed by atoms with E-state index in [4.69, 9.17) is 16.3 Å². The lowest BCUT2D eigenvalue weighted by Gasteiger charge is -2.37. The molecular weight excluding hydrogens is 608 g/mol. The van der Waals surface area contributed by atoms with Gasteiger partial charge in [0.2, 0.25) is 5.91 Å². The van der Waals surface area contributed by atoms with Crippen molar-refractivity contribution in [3.05, 3.63) is 58.6 Å². The van der Waals surface area contributed by atoms with E-state index < -0.39 is 39.8 Å². The van der Waals surface area contributed by atoms with Crippen LogP contribution >= 0.6 is 11.6 Å². The third-order valence-corrected chi connectivity index (χ3v) is 9.50. The van der Waals surface area contributed by atoms with Gasteiger partial charge in [-0.2, -0.15) is 4.72 Å². The van der Waals surface area contributed by atoms with Gasteiger partial charge in [0.1, 0.15) is 11.6 Å². The van der Waals surface area contributed by atoms with E-state index >= 15 is 0 Å². The first-order chi connectivity index (χ1) is 20.6. The topological polar surface area (TPSA) is 138 Å². The maximum atomic E-state index is 13.7. The highest BCUT2D eigenvalue weighted by Crippen LogP contribution is 2.37. The SMILES string of the molecule is CC(C)CC1c2ccc(N3CC[C@H](NS(=O)(=O)c4cc5ccc(Cl)cc5n4C(=O)OC(C)(C)C)C3=O)cc2CCN1C(=O)O. The Morgan fingerprint density at radius 1 is 1.11 bits per heavy atom. The van der Waals surface area contributed by atoms with Crippen LogP contribution in [0.4, 0.5) is 15.3 Å². The van der Waals surface area contributed by atoms with Gasteiger partial charge in [-0.1, -0.05) is 37.6 Å². The van der Waals surface area contributed by atoms with Crippen molar-refractivity contribution >= 4 is 56.3 Å². The van der Waals surface area contributed by atoms with E-state index in [0.29, 0.717) is 35.5 Å². The van der Waals surface area contributed by atoms with E-state index in [1.807, 2.05) is 12.1 Å². The van der Waals surface area contributed by atoms with Crippen molar-refractivity contribution < 1.29 is 32.6 Å². The lowest BCUT2D eigenvalue weighted by Crippen LogP contribution is -2.42. The van der Waals surface area contributed by atoms with E-state index in [0.717, 1.165) is 15.7 Å². The summed E-state index contributed by atoms with van der Waals surface area (Å²) in [4.78, 5) is 41.7. The standard InChI is InChI=1S/C31H37ClN4O7S/c1-18(2)14-26-23-9-8-22(15-19(23)10-12-35(26)29(38)39)34-13-11-24(28(34)37)33-44(41,42)27-16-20-6-7-21(32)17-25(20)36(27)30(40)43-31(3,4)5/h6-9,15-18,24,26,33H,10-14H2,1-5H3,(H,38,39)/t24-,26?/m0/s1. The predicted octanol–water partition coefficient (Wildman–Crippen LogP) is 5.79. The third-order valence-electron chi connectivity index (χ3n) is 7.82. The first-order valence-electron chi connectivity index (χ1n) is 14.6. The van der Waals surface area contributed by atoms with Crippen LogP contribution in [-0.4, -0.2) is 65.8 Å². The van der Waals surface area contributed by atoms with Crippen molar-refractivity contribution in [1.29, 1.82) is 0 Å². The summed E-state index contributed by atoms with van der Waals surface area (Å²) in [6.45, 7) is 9.77. The number of aromatic nitrogens is 1. The van der Waals surface area contributed by atoms with Gasteiger partial charge in [0.25, 0.3) is 10.0 Å². The van der Waals surface area contributed by atoms with Gasteiger partial charge in [0.05, 0.1) is 11.6 Å². The van der Waals surface area contributed by atoms with Crippen LogP contribution in [0.1, 0.15) is 64.6 Å². The molecule has 1 saturated heterocycles. The second kappa shape index (κ2) is 11.7. The molecule has 236 valence electrons. The van der Waals surface area contributed by atoms with Gasteiger partial charge >= 0.3 is 12.2 Å². The van der Waals surface area contributed by atoms with E-state index in [1.54, 1.807) is 39.0 Å². The average molecular weight is 645 g/mol. The van der Waals surface area contributed by atoms with Crippen molar-refractivity contribution in [2.75, 3.05) is 18.0 Å². The molecule has 0 radical (unpaired) electrons. The molecule has 2 amide bonds. The minimum atomic E-state index is -4.38. The Kier molecular flexibility index (Phi) is 8.47. The van der Waals surface area contributed by atoms with Gasteiger partial charge in [0, 0.05) is 29.2 Å². The molecule has 2 aromatic carbocycles. The van der Waals surface area contributed by atoms with Gasteiger partial charge in [-0.15, -0.1) is 0 Å². The van der Waals surface area contributed by atoms with Crippen LogP contribution in [0.15, 0.2) is 47.5 Å². The van der Waals surface area contributed by atoms with Gasteiger partial charge in [-0.3, -0.25) is 4.79 Å². The van der Waals surface area contributed by atoms with E-state index in [2.05, 4.69) is 18.6 Å². The first-order valence-corrected chi connectivity index (χ1v) is 16.4. The van der Waals surface area contributed by atoms with Crippen LogP contribution < -0.4 is 9.62 Å². The summed E-state index contributed by atoms with van der Waals surface area (Å²) in [6, 6.07) is 10.3. The number of carboxylic acid groups (broad SMARTS) is 1. The number of carbonyl (C=O) groups excluding carboxylic acids is 2. The summed E-state index contributed by atoms with van der Waals surface area (Å²) in [7, 11) is -4.38. The monoisotopic (exact) mass is 644 g/mol. The number of carbonyl (C=O) groups is 3. The minimum absolute atomic E-state index is 0.219. The van der Waals surface area contributed by atoms with Gasteiger partial charge in [-0.25, -0.2) is 22.6 Å². The maximum Gasteiger partial charge on any atom is 0.420 e. The average Bonchev–Trinajstić information content (AvgIpc) is 3.47. The Morgan fingerprint density at radius 2 is 1.84 bits per heavy atom.